The van der Waals surface area contributed by atoms with Crippen LogP contribution in [-0.4, -0.2) is 36.9 Å². The normalized spacial score (nSPS) is 39.2. The molecule has 14 heavy (non-hydrogen) atoms. The first-order valence-corrected chi connectivity index (χ1v) is 6.34. The van der Waals surface area contributed by atoms with Crippen LogP contribution in [-0.2, 0) is 9.59 Å². The highest BCUT2D eigenvalue weighted by Gasteiger charge is 2.60. The molecule has 2 aliphatic heterocycles. The fourth-order valence-electron chi connectivity index (χ4n) is 1.95. The molecule has 78 valence electrons. The second-order valence-corrected chi connectivity index (χ2v) is 7.09. The van der Waals surface area contributed by atoms with Gasteiger partial charge in [0.15, 0.2) is 0 Å². The quantitative estimate of drug-likeness (QED) is 0.374. The summed E-state index contributed by atoms with van der Waals surface area (Å²) in [5.41, 5.74) is 0. The molecule has 2 fully saturated rings. The van der Waals surface area contributed by atoms with Crippen molar-refractivity contribution in [3.8, 4) is 0 Å². The highest BCUT2D eigenvalue weighted by Crippen LogP contribution is 2.52. The van der Waals surface area contributed by atoms with Gasteiger partial charge in [0.1, 0.15) is 3.92 Å². The number of nitrogens with zero attached hydrogens (tertiary/aromatic N) is 1. The van der Waals surface area contributed by atoms with Crippen molar-refractivity contribution in [3.63, 3.8) is 0 Å². The summed E-state index contributed by atoms with van der Waals surface area (Å²) in [4.78, 5) is 23.8. The van der Waals surface area contributed by atoms with E-state index in [-0.39, 0.29) is 15.2 Å². The van der Waals surface area contributed by atoms with Crippen LogP contribution in [0, 0.1) is 0 Å². The summed E-state index contributed by atoms with van der Waals surface area (Å²) in [5.74, 6) is -1.23. The molecule has 0 aliphatic carbocycles. The van der Waals surface area contributed by atoms with Crippen molar-refractivity contribution < 1.29 is 14.7 Å². The topological polar surface area (TPSA) is 60.4 Å². The molecule has 0 spiro atoms. The molecule has 2 rings (SSSR count). The van der Waals surface area contributed by atoms with Gasteiger partial charge in [-0.2, -0.15) is 0 Å². The molecular weight excluding hydrogens is 317 g/mol. The number of amides is 1. The molecule has 6 heteroatoms. The zero-order chi connectivity index (χ0) is 10.7. The molecule has 1 amide bonds. The number of carboxylic acid groups (broad SMARTS) is 1. The molecule has 0 aromatic rings. The Balaban J connectivity index is 2.32. The number of thioether (sulfide) groups is 1. The molecule has 3 atom stereocenters. The summed E-state index contributed by atoms with van der Waals surface area (Å²) in [7, 11) is 0. The maximum atomic E-state index is 11.5. The largest absolute Gasteiger partial charge is 0.548 e. The lowest BCUT2D eigenvalue weighted by molar-refractivity contribution is -0.312. The maximum absolute atomic E-state index is 11.5. The van der Waals surface area contributed by atoms with Gasteiger partial charge in [-0.3, -0.25) is 4.79 Å². The Morgan fingerprint density at radius 1 is 1.64 bits per heavy atom. The Morgan fingerprint density at radius 3 is 2.71 bits per heavy atom. The van der Waals surface area contributed by atoms with Gasteiger partial charge < -0.3 is 14.8 Å². The van der Waals surface area contributed by atoms with Gasteiger partial charge in [-0.05, 0) is 13.8 Å². The molecule has 0 aromatic heterocycles. The number of fused-ring (bicyclic) bond motifs is 1. The van der Waals surface area contributed by atoms with Gasteiger partial charge in [0.25, 0.3) is 0 Å². The van der Waals surface area contributed by atoms with E-state index in [9.17, 15) is 14.7 Å². The Bertz CT molecular complexity index is 320. The van der Waals surface area contributed by atoms with E-state index in [0.717, 1.165) is 0 Å². The number of carbonyl (C=O) groups excluding carboxylic acids is 2. The minimum atomic E-state index is -1.15. The number of hydrogen-bond acceptors (Lipinski definition) is 4. The number of hydrogen-bond donors (Lipinski definition) is 0. The molecule has 2 heterocycles. The second kappa shape index (κ2) is 3.01. The first-order valence-electron chi connectivity index (χ1n) is 4.21. The van der Waals surface area contributed by atoms with Gasteiger partial charge in [0.05, 0.1) is 17.4 Å². The molecule has 0 N–H and O–H groups in total. The van der Waals surface area contributed by atoms with E-state index in [1.54, 1.807) is 11.8 Å². The van der Waals surface area contributed by atoms with Gasteiger partial charge in [0.2, 0.25) is 5.91 Å². The lowest BCUT2D eigenvalue weighted by atomic mass is 9.98. The molecular formula is C8H9INO3S-. The zero-order valence-corrected chi connectivity index (χ0v) is 10.7. The van der Waals surface area contributed by atoms with E-state index in [1.165, 1.54) is 4.90 Å². The van der Waals surface area contributed by atoms with Gasteiger partial charge in [-0.1, -0.05) is 22.6 Å². The Hall–Kier alpha value is 0.0200. The zero-order valence-electron chi connectivity index (χ0n) is 7.69. The van der Waals surface area contributed by atoms with E-state index in [0.29, 0.717) is 0 Å². The van der Waals surface area contributed by atoms with Crippen molar-refractivity contribution in [1.29, 1.82) is 0 Å². The summed E-state index contributed by atoms with van der Waals surface area (Å²) >= 11 is 3.60. The first kappa shape index (κ1) is 10.5. The predicted molar refractivity (Wildman–Crippen MR) is 58.9 cm³/mol. The predicted octanol–water partition coefficient (Wildman–Crippen LogP) is -0.398. The minimum Gasteiger partial charge on any atom is -0.548 e. The molecule has 0 bridgehead atoms. The molecule has 0 aromatic carbocycles. The third kappa shape index (κ3) is 1.19. The summed E-state index contributed by atoms with van der Waals surface area (Å²) < 4.78 is -0.528. The standard InChI is InChI=1S/C8H10INO3S/c1-8(2)4(7(12)13)10-5(11)3(9)6(10)14-8/h3-4,6H,1-2H3,(H,12,13)/p-1/t3-,4+,6-/m1/s1. The number of β-lactam (4-membered cyclic amide) rings is 1. The number of carboxylic acids is 1. The molecule has 0 saturated carbocycles. The lowest BCUT2D eigenvalue weighted by Gasteiger charge is -2.42. The number of halogens is 1. The Labute approximate surface area is 99.5 Å². The van der Waals surface area contributed by atoms with Crippen LogP contribution in [0.4, 0.5) is 0 Å². The maximum Gasteiger partial charge on any atom is 0.240 e. The van der Waals surface area contributed by atoms with Crippen LogP contribution in [0.3, 0.4) is 0 Å². The van der Waals surface area contributed by atoms with Gasteiger partial charge in [-0.15, -0.1) is 11.8 Å². The molecule has 2 aliphatic rings. The van der Waals surface area contributed by atoms with Gasteiger partial charge in [0, 0.05) is 4.75 Å². The molecule has 0 radical (unpaired) electrons. The summed E-state index contributed by atoms with van der Waals surface area (Å²) in [6.07, 6.45) is 0. The Morgan fingerprint density at radius 2 is 2.21 bits per heavy atom. The number of rotatable bonds is 1. The number of aliphatic carboxylic acids is 1. The van der Waals surface area contributed by atoms with Crippen LogP contribution in [0.2, 0.25) is 0 Å². The van der Waals surface area contributed by atoms with Crippen molar-refractivity contribution in [3.05, 3.63) is 0 Å². The van der Waals surface area contributed by atoms with E-state index in [2.05, 4.69) is 22.6 Å². The fourth-order valence-corrected chi connectivity index (χ4v) is 4.59. The van der Waals surface area contributed by atoms with E-state index < -0.39 is 16.8 Å². The second-order valence-electron chi connectivity index (χ2n) is 3.98. The molecule has 0 unspecified atom stereocenters. The lowest BCUT2D eigenvalue weighted by Crippen LogP contribution is -2.65. The van der Waals surface area contributed by atoms with Crippen molar-refractivity contribution >= 4 is 46.2 Å². The highest BCUT2D eigenvalue weighted by molar-refractivity contribution is 14.1. The van der Waals surface area contributed by atoms with E-state index in [4.69, 9.17) is 0 Å². The van der Waals surface area contributed by atoms with E-state index >= 15 is 0 Å². The van der Waals surface area contributed by atoms with Gasteiger partial charge >= 0.3 is 0 Å². The van der Waals surface area contributed by atoms with Crippen LogP contribution in [0.5, 0.6) is 0 Å². The van der Waals surface area contributed by atoms with Crippen LogP contribution in [0.15, 0.2) is 0 Å². The Kier molecular flexibility index (Phi) is 2.26. The van der Waals surface area contributed by atoms with Crippen molar-refractivity contribution in [2.75, 3.05) is 0 Å². The average Bonchev–Trinajstić information content (AvgIpc) is 2.34. The van der Waals surface area contributed by atoms with Crippen LogP contribution in [0.25, 0.3) is 0 Å². The molecule has 2 saturated heterocycles. The highest BCUT2D eigenvalue weighted by atomic mass is 127. The van der Waals surface area contributed by atoms with Crippen LogP contribution < -0.4 is 5.11 Å². The minimum absolute atomic E-state index is 0.0148. The summed E-state index contributed by atoms with van der Waals surface area (Å²) in [5, 5.41) is 11.0. The number of alkyl halides is 1. The van der Waals surface area contributed by atoms with Crippen molar-refractivity contribution in [1.82, 2.24) is 4.90 Å². The smallest absolute Gasteiger partial charge is 0.240 e. The third-order valence-corrected chi connectivity index (χ3v) is 5.87. The van der Waals surface area contributed by atoms with Crippen molar-refractivity contribution in [2.45, 2.75) is 33.9 Å². The van der Waals surface area contributed by atoms with Crippen LogP contribution >= 0.6 is 34.4 Å². The van der Waals surface area contributed by atoms with E-state index in [1.807, 2.05) is 13.8 Å². The first-order chi connectivity index (χ1) is 6.36. The average molecular weight is 326 g/mol. The number of carbonyl (C=O) groups is 2. The summed E-state index contributed by atoms with van der Waals surface area (Å²) in [6.45, 7) is 3.68. The summed E-state index contributed by atoms with van der Waals surface area (Å²) in [6, 6.07) is -0.781. The molecule has 4 nitrogen and oxygen atoms in total. The van der Waals surface area contributed by atoms with Crippen LogP contribution in [0.1, 0.15) is 13.8 Å². The fraction of sp³-hybridized carbons (Fsp3) is 0.750. The van der Waals surface area contributed by atoms with Crippen molar-refractivity contribution in [2.24, 2.45) is 0 Å². The SMILES string of the molecule is CC1(C)S[C@@H]2[C@H](I)C(=O)N2[C@H]1C(=O)[O-]. The third-order valence-electron chi connectivity index (χ3n) is 2.60. The monoisotopic (exact) mass is 326 g/mol. The van der Waals surface area contributed by atoms with Gasteiger partial charge in [-0.25, -0.2) is 0 Å².